The minimum Gasteiger partial charge on any atom is -0.387 e. The predicted octanol–water partition coefficient (Wildman–Crippen LogP) is 3.05. The van der Waals surface area contributed by atoms with Crippen LogP contribution in [-0.2, 0) is 6.54 Å². The minimum atomic E-state index is 0.100. The zero-order chi connectivity index (χ0) is 11.9. The molecule has 2 nitrogen and oxygen atoms in total. The summed E-state index contributed by atoms with van der Waals surface area (Å²) in [6, 6.07) is 10.3. The molecule has 0 heterocycles. The van der Waals surface area contributed by atoms with E-state index < -0.39 is 0 Å². The molecule has 1 aliphatic carbocycles. The topological polar surface area (TPSA) is 35.9 Å². The van der Waals surface area contributed by atoms with Gasteiger partial charge in [0.05, 0.1) is 0 Å². The Balaban J connectivity index is 1.81. The molecule has 0 bridgehead atoms. The van der Waals surface area contributed by atoms with E-state index in [1.165, 1.54) is 5.56 Å². The molecule has 1 atom stereocenters. The lowest BCUT2D eigenvalue weighted by Gasteiger charge is -2.09. The van der Waals surface area contributed by atoms with Crippen molar-refractivity contribution < 1.29 is 0 Å². The fraction of sp³-hybridized carbons (Fsp3) is 0.133. The quantitative estimate of drug-likeness (QED) is 0.810. The van der Waals surface area contributed by atoms with E-state index >= 15 is 0 Å². The molecule has 0 radical (unpaired) electrons. The number of allylic oxidation sites excluding steroid dienone is 5. The van der Waals surface area contributed by atoms with Gasteiger partial charge in [0, 0.05) is 18.2 Å². The van der Waals surface area contributed by atoms with Crippen molar-refractivity contribution in [2.24, 2.45) is 5.92 Å². The van der Waals surface area contributed by atoms with Gasteiger partial charge in [0.15, 0.2) is 0 Å². The predicted molar refractivity (Wildman–Crippen MR) is 71.9 cm³/mol. The van der Waals surface area contributed by atoms with Gasteiger partial charge in [0.25, 0.3) is 0 Å². The third-order valence-corrected chi connectivity index (χ3v) is 2.63. The maximum absolute atomic E-state index is 7.73. The largest absolute Gasteiger partial charge is 0.387 e. The first-order valence-corrected chi connectivity index (χ1v) is 5.73. The second kappa shape index (κ2) is 5.85. The third kappa shape index (κ3) is 3.45. The number of benzene rings is 1. The van der Waals surface area contributed by atoms with Gasteiger partial charge in [-0.3, -0.25) is 0 Å². The molecule has 2 rings (SSSR count). The molecule has 0 fully saturated rings. The van der Waals surface area contributed by atoms with Crippen LogP contribution < -0.4 is 5.32 Å². The molecule has 1 aromatic carbocycles. The first-order valence-electron chi connectivity index (χ1n) is 5.73. The Morgan fingerprint density at radius 1 is 1.18 bits per heavy atom. The molecule has 17 heavy (non-hydrogen) atoms. The molecular weight excluding hydrogens is 208 g/mol. The highest BCUT2D eigenvalue weighted by atomic mass is 14.8. The normalized spacial score (nSPS) is 18.8. The van der Waals surface area contributed by atoms with Crippen LogP contribution in [0.3, 0.4) is 0 Å². The number of nitrogens with one attached hydrogen (secondary N) is 2. The van der Waals surface area contributed by atoms with Crippen LogP contribution in [0.1, 0.15) is 5.56 Å². The molecule has 0 amide bonds. The van der Waals surface area contributed by atoms with Gasteiger partial charge < -0.3 is 10.7 Å². The lowest BCUT2D eigenvalue weighted by molar-refractivity contribution is 0.860. The Bertz CT molecular complexity index is 455. The molecule has 2 heteroatoms. The molecule has 0 saturated heterocycles. The van der Waals surface area contributed by atoms with Crippen LogP contribution in [0, 0.1) is 11.3 Å². The van der Waals surface area contributed by atoms with E-state index in [0.717, 1.165) is 6.54 Å². The standard InChI is InChI=1S/C15H16N2/c16-15-9-5-4-8-14(15)10-11-17-12-13-6-2-1-3-7-13/h1-11,14,16-17H,12H2. The van der Waals surface area contributed by atoms with Crippen LogP contribution in [0.4, 0.5) is 0 Å². The summed E-state index contributed by atoms with van der Waals surface area (Å²) in [6.45, 7) is 0.816. The Morgan fingerprint density at radius 2 is 2.00 bits per heavy atom. The second-order valence-corrected chi connectivity index (χ2v) is 3.95. The van der Waals surface area contributed by atoms with E-state index in [1.807, 2.05) is 54.8 Å². The Hall–Kier alpha value is -2.09. The average Bonchev–Trinajstić information content (AvgIpc) is 2.38. The highest BCUT2D eigenvalue weighted by Gasteiger charge is 2.06. The van der Waals surface area contributed by atoms with Crippen LogP contribution >= 0.6 is 0 Å². The zero-order valence-corrected chi connectivity index (χ0v) is 9.64. The van der Waals surface area contributed by atoms with Crippen molar-refractivity contribution in [2.45, 2.75) is 6.54 Å². The van der Waals surface area contributed by atoms with Crippen LogP contribution in [0.25, 0.3) is 0 Å². The molecule has 0 spiro atoms. The molecule has 0 aromatic heterocycles. The summed E-state index contributed by atoms with van der Waals surface area (Å²) >= 11 is 0. The molecule has 86 valence electrons. The summed E-state index contributed by atoms with van der Waals surface area (Å²) in [5, 5.41) is 11.0. The van der Waals surface area contributed by atoms with Gasteiger partial charge in [-0.15, -0.1) is 0 Å². The second-order valence-electron chi connectivity index (χ2n) is 3.95. The van der Waals surface area contributed by atoms with Gasteiger partial charge in [-0.1, -0.05) is 54.6 Å². The van der Waals surface area contributed by atoms with Gasteiger partial charge in [-0.25, -0.2) is 0 Å². The van der Waals surface area contributed by atoms with E-state index in [2.05, 4.69) is 17.4 Å². The SMILES string of the molecule is N=C1C=CC=CC1C=CNCc1ccccc1. The molecule has 0 saturated carbocycles. The molecule has 2 N–H and O–H groups in total. The summed E-state index contributed by atoms with van der Waals surface area (Å²) in [5.41, 5.74) is 1.89. The van der Waals surface area contributed by atoms with Gasteiger partial charge in [-0.05, 0) is 17.8 Å². The number of hydrogen-bond acceptors (Lipinski definition) is 2. The van der Waals surface area contributed by atoms with Crippen LogP contribution in [0.2, 0.25) is 0 Å². The maximum atomic E-state index is 7.73. The van der Waals surface area contributed by atoms with E-state index in [9.17, 15) is 0 Å². The Morgan fingerprint density at radius 3 is 2.76 bits per heavy atom. The van der Waals surface area contributed by atoms with Gasteiger partial charge in [-0.2, -0.15) is 0 Å². The maximum Gasteiger partial charge on any atom is 0.0421 e. The van der Waals surface area contributed by atoms with Crippen molar-refractivity contribution in [3.8, 4) is 0 Å². The van der Waals surface area contributed by atoms with Crippen molar-refractivity contribution in [3.05, 3.63) is 72.5 Å². The molecule has 1 unspecified atom stereocenters. The highest BCUT2D eigenvalue weighted by Crippen LogP contribution is 2.09. The fourth-order valence-corrected chi connectivity index (χ4v) is 1.67. The summed E-state index contributed by atoms with van der Waals surface area (Å²) in [4.78, 5) is 0. The smallest absolute Gasteiger partial charge is 0.0421 e. The Kier molecular flexibility index (Phi) is 3.92. The average molecular weight is 224 g/mol. The fourth-order valence-electron chi connectivity index (χ4n) is 1.67. The Labute approximate surface area is 102 Å². The molecule has 0 aliphatic heterocycles. The van der Waals surface area contributed by atoms with Crippen LogP contribution in [-0.4, -0.2) is 5.71 Å². The summed E-state index contributed by atoms with van der Waals surface area (Å²) in [7, 11) is 0. The van der Waals surface area contributed by atoms with E-state index in [-0.39, 0.29) is 5.92 Å². The lowest BCUT2D eigenvalue weighted by atomic mass is 9.99. The summed E-state index contributed by atoms with van der Waals surface area (Å²) in [5.74, 6) is 0.100. The van der Waals surface area contributed by atoms with E-state index in [1.54, 1.807) is 0 Å². The summed E-state index contributed by atoms with van der Waals surface area (Å²) in [6.07, 6.45) is 11.6. The van der Waals surface area contributed by atoms with Crippen molar-refractivity contribution in [1.82, 2.24) is 5.32 Å². The van der Waals surface area contributed by atoms with Crippen molar-refractivity contribution in [2.75, 3.05) is 0 Å². The highest BCUT2D eigenvalue weighted by molar-refractivity contribution is 5.97. The van der Waals surface area contributed by atoms with E-state index in [4.69, 9.17) is 5.41 Å². The lowest BCUT2D eigenvalue weighted by Crippen LogP contribution is -2.10. The first-order chi connectivity index (χ1) is 8.36. The minimum absolute atomic E-state index is 0.100. The van der Waals surface area contributed by atoms with Gasteiger partial charge >= 0.3 is 0 Å². The molecule has 1 aromatic rings. The number of hydrogen-bond donors (Lipinski definition) is 2. The van der Waals surface area contributed by atoms with Crippen LogP contribution in [0.5, 0.6) is 0 Å². The van der Waals surface area contributed by atoms with E-state index in [0.29, 0.717) is 5.71 Å². The van der Waals surface area contributed by atoms with Gasteiger partial charge in [0.2, 0.25) is 0 Å². The molecular formula is C15H16N2. The number of rotatable bonds is 4. The zero-order valence-electron chi connectivity index (χ0n) is 9.64. The summed E-state index contributed by atoms with van der Waals surface area (Å²) < 4.78 is 0. The van der Waals surface area contributed by atoms with Crippen molar-refractivity contribution in [1.29, 1.82) is 5.41 Å². The van der Waals surface area contributed by atoms with Crippen molar-refractivity contribution >= 4 is 5.71 Å². The van der Waals surface area contributed by atoms with Gasteiger partial charge in [0.1, 0.15) is 0 Å². The molecule has 1 aliphatic rings. The third-order valence-electron chi connectivity index (χ3n) is 2.63. The van der Waals surface area contributed by atoms with Crippen LogP contribution in [0.15, 0.2) is 66.9 Å². The monoisotopic (exact) mass is 224 g/mol. The van der Waals surface area contributed by atoms with Crippen molar-refractivity contribution in [3.63, 3.8) is 0 Å². The first kappa shape index (κ1) is 11.4.